The van der Waals surface area contributed by atoms with Crippen LogP contribution in [0, 0.1) is 0 Å². The molecule has 0 fully saturated rings. The quantitative estimate of drug-likeness (QED) is 0.674. The van der Waals surface area contributed by atoms with Crippen molar-refractivity contribution in [1.82, 2.24) is 25.4 Å². The monoisotopic (exact) mass is 206 g/mol. The van der Waals surface area contributed by atoms with Crippen LogP contribution in [0.1, 0.15) is 23.4 Å². The predicted molar refractivity (Wildman–Crippen MR) is 52.3 cm³/mol. The molecule has 0 atom stereocenters. The normalized spacial score (nSPS) is 10.2. The first kappa shape index (κ1) is 9.38. The Bertz CT molecular complexity index is 445. The van der Waals surface area contributed by atoms with Crippen LogP contribution >= 0.6 is 0 Å². The van der Waals surface area contributed by atoms with E-state index in [4.69, 9.17) is 0 Å². The van der Waals surface area contributed by atoms with Gasteiger partial charge in [0.2, 0.25) is 5.82 Å². The molecule has 7 nitrogen and oxygen atoms in total. The first-order valence-electron chi connectivity index (χ1n) is 4.51. The van der Waals surface area contributed by atoms with Crippen molar-refractivity contribution < 1.29 is 4.79 Å². The van der Waals surface area contributed by atoms with Gasteiger partial charge in [-0.15, -0.1) is 5.10 Å². The fraction of sp³-hybridized carbons (Fsp3) is 0.250. The minimum absolute atomic E-state index is 0.126. The van der Waals surface area contributed by atoms with Crippen LogP contribution in [-0.2, 0) is 6.42 Å². The predicted octanol–water partition coefficient (Wildman–Crippen LogP) is 0.342. The smallest absolute Gasteiger partial charge is 0.296 e. The molecule has 0 radical (unpaired) electrons. The highest BCUT2D eigenvalue weighted by Crippen LogP contribution is 2.01. The second-order valence-electron chi connectivity index (χ2n) is 2.88. The van der Waals surface area contributed by atoms with Crippen LogP contribution in [0.25, 0.3) is 0 Å². The molecular weight excluding hydrogens is 196 g/mol. The van der Waals surface area contributed by atoms with E-state index in [1.54, 1.807) is 12.3 Å². The molecule has 1 amide bonds. The number of nitrogens with zero attached hydrogens (tertiary/aromatic N) is 3. The lowest BCUT2D eigenvalue weighted by Gasteiger charge is -1.96. The van der Waals surface area contributed by atoms with Gasteiger partial charge in [0.25, 0.3) is 5.91 Å². The molecule has 0 aliphatic rings. The summed E-state index contributed by atoms with van der Waals surface area (Å²) in [6.45, 7) is 1.93. The lowest BCUT2D eigenvalue weighted by molar-refractivity contribution is 0.101. The van der Waals surface area contributed by atoms with E-state index in [2.05, 4.69) is 30.7 Å². The first-order chi connectivity index (χ1) is 7.29. The van der Waals surface area contributed by atoms with Gasteiger partial charge in [-0.25, -0.2) is 4.98 Å². The van der Waals surface area contributed by atoms with Gasteiger partial charge in [-0.2, -0.15) is 5.10 Å². The summed E-state index contributed by atoms with van der Waals surface area (Å²) in [7, 11) is 0. The van der Waals surface area contributed by atoms with E-state index in [1.165, 1.54) is 0 Å². The second kappa shape index (κ2) is 3.91. The summed E-state index contributed by atoms with van der Waals surface area (Å²) in [5.41, 5.74) is 0. The Hall–Kier alpha value is -2.18. The van der Waals surface area contributed by atoms with Crippen LogP contribution in [0.4, 0.5) is 5.82 Å². The number of amides is 1. The summed E-state index contributed by atoms with van der Waals surface area (Å²) < 4.78 is 0. The number of aromatic amines is 2. The summed E-state index contributed by atoms with van der Waals surface area (Å²) in [5.74, 6) is 0.962. The van der Waals surface area contributed by atoms with E-state index in [0.29, 0.717) is 18.1 Å². The SMILES string of the molecule is CCc1nc(C(=O)Nc2ccn[nH]2)n[nH]1. The number of rotatable bonds is 3. The van der Waals surface area contributed by atoms with Crippen molar-refractivity contribution >= 4 is 11.7 Å². The molecule has 0 aliphatic heterocycles. The fourth-order valence-electron chi connectivity index (χ4n) is 1.06. The minimum Gasteiger partial charge on any atom is -0.304 e. The topological polar surface area (TPSA) is 99.3 Å². The molecule has 0 bridgehead atoms. The van der Waals surface area contributed by atoms with Crippen LogP contribution < -0.4 is 5.32 Å². The van der Waals surface area contributed by atoms with Gasteiger partial charge in [-0.3, -0.25) is 15.0 Å². The molecule has 7 heteroatoms. The molecule has 2 rings (SSSR count). The van der Waals surface area contributed by atoms with E-state index in [9.17, 15) is 4.79 Å². The van der Waals surface area contributed by atoms with E-state index >= 15 is 0 Å². The van der Waals surface area contributed by atoms with Crippen molar-refractivity contribution in [3.63, 3.8) is 0 Å². The van der Waals surface area contributed by atoms with Crippen molar-refractivity contribution in [2.45, 2.75) is 13.3 Å². The van der Waals surface area contributed by atoms with E-state index in [0.717, 1.165) is 0 Å². The van der Waals surface area contributed by atoms with Crippen molar-refractivity contribution in [2.24, 2.45) is 0 Å². The van der Waals surface area contributed by atoms with Crippen LogP contribution in [0.15, 0.2) is 12.3 Å². The van der Waals surface area contributed by atoms with Crippen molar-refractivity contribution in [2.75, 3.05) is 5.32 Å². The van der Waals surface area contributed by atoms with Crippen molar-refractivity contribution in [1.29, 1.82) is 0 Å². The average molecular weight is 206 g/mol. The zero-order valence-electron chi connectivity index (χ0n) is 8.11. The van der Waals surface area contributed by atoms with Gasteiger partial charge in [0.1, 0.15) is 11.6 Å². The van der Waals surface area contributed by atoms with Crippen LogP contribution in [0.5, 0.6) is 0 Å². The maximum Gasteiger partial charge on any atom is 0.296 e. The molecule has 0 unspecified atom stereocenters. The number of hydrogen-bond acceptors (Lipinski definition) is 4. The standard InChI is InChI=1S/C8H10N6O/c1-2-5-10-7(14-13-5)8(15)11-6-3-4-9-12-6/h3-4H,2H2,1H3,(H,10,13,14)(H2,9,11,12,15). The van der Waals surface area contributed by atoms with Gasteiger partial charge >= 0.3 is 0 Å². The lowest BCUT2D eigenvalue weighted by atomic mass is 10.4. The van der Waals surface area contributed by atoms with Crippen LogP contribution in [-0.4, -0.2) is 31.3 Å². The number of anilines is 1. The van der Waals surface area contributed by atoms with E-state index in [-0.39, 0.29) is 11.7 Å². The Balaban J connectivity index is 2.08. The largest absolute Gasteiger partial charge is 0.304 e. The summed E-state index contributed by atoms with van der Waals surface area (Å²) in [6.07, 6.45) is 2.26. The Labute approximate surface area is 85.3 Å². The third kappa shape index (κ3) is 2.01. The van der Waals surface area contributed by atoms with Gasteiger partial charge in [0, 0.05) is 12.5 Å². The zero-order chi connectivity index (χ0) is 10.7. The lowest BCUT2D eigenvalue weighted by Crippen LogP contribution is -2.14. The van der Waals surface area contributed by atoms with Crippen LogP contribution in [0.3, 0.4) is 0 Å². The third-order valence-corrected chi connectivity index (χ3v) is 1.82. The summed E-state index contributed by atoms with van der Waals surface area (Å²) >= 11 is 0. The highest BCUT2D eigenvalue weighted by Gasteiger charge is 2.12. The number of aryl methyl sites for hydroxylation is 1. The van der Waals surface area contributed by atoms with Gasteiger partial charge in [-0.1, -0.05) is 6.92 Å². The number of hydrogen-bond donors (Lipinski definition) is 3. The number of nitrogens with one attached hydrogen (secondary N) is 3. The van der Waals surface area contributed by atoms with Crippen molar-refractivity contribution in [3.8, 4) is 0 Å². The van der Waals surface area contributed by atoms with Gasteiger partial charge in [0.15, 0.2) is 0 Å². The summed E-state index contributed by atoms with van der Waals surface area (Å²) in [6, 6.07) is 1.64. The molecule has 0 saturated heterocycles. The van der Waals surface area contributed by atoms with Crippen LogP contribution in [0.2, 0.25) is 0 Å². The molecule has 0 aromatic carbocycles. The molecule has 2 aromatic rings. The number of aromatic nitrogens is 5. The highest BCUT2D eigenvalue weighted by molar-refractivity contribution is 6.00. The first-order valence-corrected chi connectivity index (χ1v) is 4.51. The molecule has 2 heterocycles. The summed E-state index contributed by atoms with van der Waals surface area (Å²) in [4.78, 5) is 15.5. The summed E-state index contributed by atoms with van der Waals surface area (Å²) in [5, 5.41) is 15.3. The molecule has 2 aromatic heterocycles. The van der Waals surface area contributed by atoms with Gasteiger partial charge in [0.05, 0.1) is 6.20 Å². The average Bonchev–Trinajstić information content (AvgIpc) is 2.86. The van der Waals surface area contributed by atoms with Gasteiger partial charge in [-0.05, 0) is 0 Å². The highest BCUT2D eigenvalue weighted by atomic mass is 16.2. The Morgan fingerprint density at radius 3 is 3.00 bits per heavy atom. The molecule has 0 saturated carbocycles. The number of H-pyrrole nitrogens is 2. The zero-order valence-corrected chi connectivity index (χ0v) is 8.11. The molecule has 0 aliphatic carbocycles. The maximum absolute atomic E-state index is 11.5. The third-order valence-electron chi connectivity index (χ3n) is 1.82. The minimum atomic E-state index is -0.366. The molecule has 0 spiro atoms. The Kier molecular flexibility index (Phi) is 2.44. The van der Waals surface area contributed by atoms with Gasteiger partial charge < -0.3 is 5.32 Å². The molecule has 3 N–H and O–H groups in total. The maximum atomic E-state index is 11.5. The van der Waals surface area contributed by atoms with E-state index in [1.807, 2.05) is 6.92 Å². The Morgan fingerprint density at radius 1 is 1.53 bits per heavy atom. The fourth-order valence-corrected chi connectivity index (χ4v) is 1.06. The molecule has 15 heavy (non-hydrogen) atoms. The number of carbonyl (C=O) groups excluding carboxylic acids is 1. The van der Waals surface area contributed by atoms with Crippen molar-refractivity contribution in [3.05, 3.63) is 23.9 Å². The Morgan fingerprint density at radius 2 is 2.40 bits per heavy atom. The second-order valence-corrected chi connectivity index (χ2v) is 2.88. The molecular formula is C8H10N6O. The molecule has 78 valence electrons. The number of carbonyl (C=O) groups is 1. The van der Waals surface area contributed by atoms with E-state index < -0.39 is 0 Å².